The van der Waals surface area contributed by atoms with Crippen LogP contribution < -0.4 is 10.2 Å². The third-order valence-electron chi connectivity index (χ3n) is 8.00. The number of carbonyl (C=O) groups excluding carboxylic acids is 4. The highest BCUT2D eigenvalue weighted by Gasteiger charge is 2.34. The Bertz CT molecular complexity index is 2050. The molecule has 266 valence electrons. The summed E-state index contributed by atoms with van der Waals surface area (Å²) < 4.78 is 16.3. The van der Waals surface area contributed by atoms with E-state index in [2.05, 4.69) is 10.1 Å². The summed E-state index contributed by atoms with van der Waals surface area (Å²) in [4.78, 5) is 67.1. The second-order valence-corrected chi connectivity index (χ2v) is 12.8. The minimum atomic E-state index is -1.33. The minimum Gasteiger partial charge on any atom is -0.480 e. The molecule has 0 aliphatic carbocycles. The fraction of sp³-hybridized carbons (Fsp3) is 0.195. The van der Waals surface area contributed by atoms with Gasteiger partial charge in [0, 0.05) is 11.8 Å². The molecule has 11 nitrogen and oxygen atoms in total. The number of methoxy groups -OCH3 is 1. The molecule has 0 radical (unpaired) electrons. The maximum absolute atomic E-state index is 14.3. The van der Waals surface area contributed by atoms with Crippen LogP contribution in [-0.2, 0) is 35.0 Å². The van der Waals surface area contributed by atoms with Gasteiger partial charge in [-0.25, -0.2) is 19.2 Å². The van der Waals surface area contributed by atoms with E-state index in [-0.39, 0.29) is 23.4 Å². The number of nitrogens with zero attached hydrogens (tertiary/aromatic N) is 1. The Hall–Kier alpha value is -6.49. The highest BCUT2D eigenvalue weighted by atomic mass is 16.6. The van der Waals surface area contributed by atoms with Gasteiger partial charge in [-0.2, -0.15) is 0 Å². The van der Waals surface area contributed by atoms with Crippen molar-refractivity contribution in [3.63, 3.8) is 0 Å². The summed E-state index contributed by atoms with van der Waals surface area (Å²) in [5.41, 5.74) is 1.22. The maximum Gasteiger partial charge on any atom is 0.407 e. The molecule has 0 heterocycles. The molecule has 1 unspecified atom stereocenters. The molecule has 0 bridgehead atoms. The monoisotopic (exact) mass is 702 g/mol. The lowest BCUT2D eigenvalue weighted by Gasteiger charge is -2.28. The summed E-state index contributed by atoms with van der Waals surface area (Å²) in [6, 6.07) is 33.4. The lowest BCUT2D eigenvalue weighted by Crippen LogP contribution is -2.42. The number of alkyl carbamates (subject to hydrolysis) is 1. The molecule has 52 heavy (non-hydrogen) atoms. The van der Waals surface area contributed by atoms with Crippen LogP contribution in [0.3, 0.4) is 0 Å². The number of esters is 2. The van der Waals surface area contributed by atoms with Crippen LogP contribution in [-0.4, -0.2) is 53.8 Å². The highest BCUT2D eigenvalue weighted by Crippen LogP contribution is 2.38. The SMILES string of the molecule is COC(=O)NC(Cc1ccc(N(C(=O)C(=O)OC(C)(C)C)c2ccccc2C(=O)OC(c2ccccc2)c2ccccc2)c2ccccc12)C(=O)O. The number of para-hydroxylation sites is 1. The zero-order chi connectivity index (χ0) is 37.4. The summed E-state index contributed by atoms with van der Waals surface area (Å²) in [6.45, 7) is 4.89. The number of carbonyl (C=O) groups is 5. The number of aliphatic carboxylic acids is 1. The van der Waals surface area contributed by atoms with Crippen molar-refractivity contribution in [3.8, 4) is 0 Å². The molecule has 0 saturated heterocycles. The molecule has 5 rings (SSSR count). The van der Waals surface area contributed by atoms with E-state index in [0.717, 1.165) is 23.1 Å². The molecule has 2 N–H and O–H groups in total. The van der Waals surface area contributed by atoms with Crippen molar-refractivity contribution in [2.75, 3.05) is 12.0 Å². The lowest BCUT2D eigenvalue weighted by molar-refractivity contribution is -0.162. The van der Waals surface area contributed by atoms with E-state index in [4.69, 9.17) is 9.47 Å². The number of ether oxygens (including phenoxy) is 3. The van der Waals surface area contributed by atoms with Crippen molar-refractivity contribution >= 4 is 52.1 Å². The van der Waals surface area contributed by atoms with Crippen LogP contribution in [0.4, 0.5) is 16.2 Å². The molecule has 0 aliphatic heterocycles. The maximum atomic E-state index is 14.3. The predicted molar refractivity (Wildman–Crippen MR) is 194 cm³/mol. The van der Waals surface area contributed by atoms with Gasteiger partial charge in [-0.1, -0.05) is 103 Å². The molecule has 1 atom stereocenters. The van der Waals surface area contributed by atoms with Gasteiger partial charge in [0.1, 0.15) is 11.6 Å². The van der Waals surface area contributed by atoms with Gasteiger partial charge >= 0.3 is 29.9 Å². The van der Waals surface area contributed by atoms with Crippen LogP contribution in [0.1, 0.15) is 53.9 Å². The number of amides is 2. The van der Waals surface area contributed by atoms with E-state index in [9.17, 15) is 29.1 Å². The summed E-state index contributed by atoms with van der Waals surface area (Å²) >= 11 is 0. The van der Waals surface area contributed by atoms with Gasteiger partial charge in [0.2, 0.25) is 0 Å². The molecule has 5 aromatic rings. The van der Waals surface area contributed by atoms with Crippen molar-refractivity contribution in [1.29, 1.82) is 0 Å². The number of fused-ring (bicyclic) bond motifs is 1. The first-order valence-corrected chi connectivity index (χ1v) is 16.4. The Morgan fingerprint density at radius 2 is 1.27 bits per heavy atom. The minimum absolute atomic E-state index is 0.00218. The molecule has 0 saturated carbocycles. The first-order chi connectivity index (χ1) is 24.9. The first-order valence-electron chi connectivity index (χ1n) is 16.4. The van der Waals surface area contributed by atoms with Crippen LogP contribution in [0.15, 0.2) is 121 Å². The molecule has 0 spiro atoms. The molecular formula is C41H38N2O9. The molecule has 0 fully saturated rings. The molecule has 0 aromatic heterocycles. The van der Waals surface area contributed by atoms with Gasteiger partial charge in [-0.15, -0.1) is 0 Å². The third-order valence-corrected chi connectivity index (χ3v) is 8.00. The fourth-order valence-electron chi connectivity index (χ4n) is 5.70. The number of hydrogen-bond acceptors (Lipinski definition) is 8. The first kappa shape index (κ1) is 36.8. The van der Waals surface area contributed by atoms with Gasteiger partial charge in [-0.05, 0) is 61.0 Å². The number of carboxylic acids is 1. The average Bonchev–Trinajstić information content (AvgIpc) is 3.14. The van der Waals surface area contributed by atoms with Crippen molar-refractivity contribution in [1.82, 2.24) is 5.32 Å². The van der Waals surface area contributed by atoms with Gasteiger partial charge in [0.25, 0.3) is 0 Å². The molecule has 11 heteroatoms. The van der Waals surface area contributed by atoms with Crippen LogP contribution >= 0.6 is 0 Å². The normalized spacial score (nSPS) is 11.7. The molecule has 0 aliphatic rings. The summed E-state index contributed by atoms with van der Waals surface area (Å²) in [5, 5.41) is 13.1. The van der Waals surface area contributed by atoms with Crippen LogP contribution in [0.2, 0.25) is 0 Å². The highest BCUT2D eigenvalue weighted by molar-refractivity contribution is 6.41. The van der Waals surface area contributed by atoms with Crippen molar-refractivity contribution in [2.24, 2.45) is 0 Å². The standard InChI is InChI=1S/C41H38N2O9/c1-41(2,3)52-39(48)36(44)43(34-24-23-28(29-19-11-12-20-30(29)34)25-32(37(45)46)42-40(49)50-4)33-22-14-13-21-31(33)38(47)51-35(26-15-7-5-8-16-26)27-17-9-6-10-18-27/h5-24,32,35H,25H2,1-4H3,(H,42,49)(H,45,46). The van der Waals surface area contributed by atoms with Crippen LogP contribution in [0.25, 0.3) is 10.8 Å². The number of nitrogens with one attached hydrogen (secondary N) is 1. The van der Waals surface area contributed by atoms with Crippen molar-refractivity contribution in [3.05, 3.63) is 144 Å². The summed E-state index contributed by atoms with van der Waals surface area (Å²) in [5.74, 6) is -4.28. The number of carboxylic acid groups (broad SMARTS) is 1. The lowest BCUT2D eigenvalue weighted by atomic mass is 9.96. The predicted octanol–water partition coefficient (Wildman–Crippen LogP) is 7.14. The zero-order valence-corrected chi connectivity index (χ0v) is 29.1. The molecule has 2 amide bonds. The number of rotatable bonds is 10. The van der Waals surface area contributed by atoms with Crippen molar-refractivity contribution < 1.29 is 43.3 Å². The zero-order valence-electron chi connectivity index (χ0n) is 29.1. The van der Waals surface area contributed by atoms with E-state index >= 15 is 0 Å². The fourth-order valence-corrected chi connectivity index (χ4v) is 5.70. The Balaban J connectivity index is 1.64. The third kappa shape index (κ3) is 8.62. The largest absolute Gasteiger partial charge is 0.480 e. The van der Waals surface area contributed by atoms with Crippen LogP contribution in [0.5, 0.6) is 0 Å². The van der Waals surface area contributed by atoms with E-state index in [0.29, 0.717) is 16.3 Å². The quantitative estimate of drug-likeness (QED) is 0.0880. The van der Waals surface area contributed by atoms with Gasteiger partial charge in [0.05, 0.1) is 24.0 Å². The molecular weight excluding hydrogens is 664 g/mol. The number of benzene rings is 5. The Kier molecular flexibility index (Phi) is 11.3. The average molecular weight is 703 g/mol. The summed E-state index contributed by atoms with van der Waals surface area (Å²) in [6.07, 6.45) is -1.83. The Morgan fingerprint density at radius 3 is 1.85 bits per heavy atom. The van der Waals surface area contributed by atoms with Crippen LogP contribution in [0, 0.1) is 0 Å². The van der Waals surface area contributed by atoms with Gasteiger partial charge in [0.15, 0.2) is 6.10 Å². The second-order valence-electron chi connectivity index (χ2n) is 12.8. The van der Waals surface area contributed by atoms with Crippen molar-refractivity contribution in [2.45, 2.75) is 44.9 Å². The van der Waals surface area contributed by atoms with Gasteiger partial charge in [-0.3, -0.25) is 9.69 Å². The Labute approximate surface area is 300 Å². The Morgan fingerprint density at radius 1 is 0.712 bits per heavy atom. The summed E-state index contributed by atoms with van der Waals surface area (Å²) in [7, 11) is 1.13. The molecule has 5 aromatic carbocycles. The topological polar surface area (TPSA) is 149 Å². The number of anilines is 2. The van der Waals surface area contributed by atoms with E-state index in [1.165, 1.54) is 12.1 Å². The number of hydrogen-bond donors (Lipinski definition) is 2. The smallest absolute Gasteiger partial charge is 0.407 e. The second kappa shape index (κ2) is 16.0. The van der Waals surface area contributed by atoms with E-state index in [1.54, 1.807) is 69.3 Å². The van der Waals surface area contributed by atoms with E-state index < -0.39 is 47.7 Å². The van der Waals surface area contributed by atoms with Gasteiger partial charge < -0.3 is 24.6 Å². The van der Waals surface area contributed by atoms with E-state index in [1.807, 2.05) is 60.7 Å².